The quantitative estimate of drug-likeness (QED) is 0.640. The molecule has 0 aromatic carbocycles. The Balaban J connectivity index is 2.39. The molecule has 92 valence electrons. The molecule has 0 saturated carbocycles. The molecule has 1 aliphatic rings. The molecule has 0 aromatic heterocycles. The summed E-state index contributed by atoms with van der Waals surface area (Å²) in [5.74, 6) is 0. The third-order valence-corrected chi connectivity index (χ3v) is 3.81. The Kier molecular flexibility index (Phi) is 5.84. The van der Waals surface area contributed by atoms with Crippen LogP contribution in [0.25, 0.3) is 0 Å². The van der Waals surface area contributed by atoms with Crippen molar-refractivity contribution in [2.75, 3.05) is 13.1 Å². The van der Waals surface area contributed by atoms with Gasteiger partial charge in [0.2, 0.25) is 0 Å². The number of nitrogens with zero attached hydrogens (tertiary/aromatic N) is 2. The number of nitriles is 1. The summed E-state index contributed by atoms with van der Waals surface area (Å²) >= 11 is 0. The molecule has 0 radical (unpaired) electrons. The van der Waals surface area contributed by atoms with E-state index in [4.69, 9.17) is 0 Å². The van der Waals surface area contributed by atoms with Crippen LogP contribution in [0.1, 0.15) is 65.2 Å². The first-order valence-corrected chi connectivity index (χ1v) is 6.89. The largest absolute Gasteiger partial charge is 0.286 e. The first kappa shape index (κ1) is 13.5. The smallest absolute Gasteiger partial charge is 0.106 e. The van der Waals surface area contributed by atoms with Crippen molar-refractivity contribution in [3.8, 4) is 6.07 Å². The lowest BCUT2D eigenvalue weighted by molar-refractivity contribution is 0.114. The molecular formula is C14H26N2. The molecule has 0 N–H and O–H groups in total. The van der Waals surface area contributed by atoms with Crippen LogP contribution in [0.15, 0.2) is 0 Å². The van der Waals surface area contributed by atoms with E-state index >= 15 is 0 Å². The van der Waals surface area contributed by atoms with Crippen molar-refractivity contribution in [1.29, 1.82) is 5.26 Å². The molecule has 1 atom stereocenters. The average Bonchev–Trinajstić information content (AvgIpc) is 2.35. The topological polar surface area (TPSA) is 27.0 Å². The summed E-state index contributed by atoms with van der Waals surface area (Å²) in [4.78, 5) is 2.41. The van der Waals surface area contributed by atoms with Gasteiger partial charge in [-0.2, -0.15) is 5.26 Å². The fourth-order valence-electron chi connectivity index (χ4n) is 2.57. The molecule has 0 spiro atoms. The lowest BCUT2D eigenvalue weighted by Gasteiger charge is -2.38. The first-order valence-electron chi connectivity index (χ1n) is 6.89. The van der Waals surface area contributed by atoms with E-state index in [0.717, 1.165) is 19.5 Å². The van der Waals surface area contributed by atoms with Crippen molar-refractivity contribution in [2.24, 2.45) is 0 Å². The molecular weight excluding hydrogens is 196 g/mol. The molecule has 1 saturated heterocycles. The van der Waals surface area contributed by atoms with Crippen LogP contribution < -0.4 is 0 Å². The van der Waals surface area contributed by atoms with Gasteiger partial charge in [-0.15, -0.1) is 0 Å². The molecule has 1 unspecified atom stereocenters. The second kappa shape index (κ2) is 6.91. The predicted octanol–water partition coefficient (Wildman–Crippen LogP) is 3.72. The van der Waals surface area contributed by atoms with E-state index in [1.807, 2.05) is 0 Å². The van der Waals surface area contributed by atoms with E-state index in [2.05, 4.69) is 24.8 Å². The van der Waals surface area contributed by atoms with Crippen LogP contribution in [0.4, 0.5) is 0 Å². The molecule has 1 fully saturated rings. The normalized spacial score (nSPS) is 21.3. The van der Waals surface area contributed by atoms with Crippen LogP contribution in [-0.2, 0) is 0 Å². The maximum atomic E-state index is 9.40. The van der Waals surface area contributed by atoms with Crippen LogP contribution in [0.3, 0.4) is 0 Å². The van der Waals surface area contributed by atoms with E-state index in [0.29, 0.717) is 0 Å². The van der Waals surface area contributed by atoms with E-state index < -0.39 is 0 Å². The highest BCUT2D eigenvalue weighted by atomic mass is 15.2. The minimum atomic E-state index is -0.200. The number of piperidine rings is 1. The van der Waals surface area contributed by atoms with E-state index in [1.165, 1.54) is 44.9 Å². The molecule has 2 nitrogen and oxygen atoms in total. The van der Waals surface area contributed by atoms with Gasteiger partial charge in [-0.25, -0.2) is 0 Å². The Hall–Kier alpha value is -0.550. The first-order chi connectivity index (χ1) is 7.73. The summed E-state index contributed by atoms with van der Waals surface area (Å²) in [5, 5.41) is 9.40. The lowest BCUT2D eigenvalue weighted by Crippen LogP contribution is -2.47. The molecule has 0 aromatic rings. The van der Waals surface area contributed by atoms with Crippen LogP contribution in [0.5, 0.6) is 0 Å². The zero-order chi connectivity index (χ0) is 11.9. The third-order valence-electron chi connectivity index (χ3n) is 3.81. The van der Waals surface area contributed by atoms with Gasteiger partial charge in [0.05, 0.1) is 6.07 Å². The van der Waals surface area contributed by atoms with Gasteiger partial charge in [-0.05, 0) is 39.3 Å². The van der Waals surface area contributed by atoms with Crippen LogP contribution >= 0.6 is 0 Å². The van der Waals surface area contributed by atoms with Gasteiger partial charge in [-0.1, -0.05) is 39.0 Å². The summed E-state index contributed by atoms with van der Waals surface area (Å²) in [6, 6.07) is 2.55. The van der Waals surface area contributed by atoms with Gasteiger partial charge in [0, 0.05) is 0 Å². The van der Waals surface area contributed by atoms with Crippen molar-refractivity contribution in [1.82, 2.24) is 4.90 Å². The fraction of sp³-hybridized carbons (Fsp3) is 0.929. The third kappa shape index (κ3) is 3.79. The van der Waals surface area contributed by atoms with Crippen LogP contribution in [-0.4, -0.2) is 23.5 Å². The molecule has 1 aliphatic heterocycles. The van der Waals surface area contributed by atoms with Crippen molar-refractivity contribution >= 4 is 0 Å². The molecule has 16 heavy (non-hydrogen) atoms. The summed E-state index contributed by atoms with van der Waals surface area (Å²) in [6.07, 6.45) is 9.99. The van der Waals surface area contributed by atoms with E-state index in [-0.39, 0.29) is 5.54 Å². The van der Waals surface area contributed by atoms with Gasteiger partial charge in [0.25, 0.3) is 0 Å². The maximum Gasteiger partial charge on any atom is 0.106 e. The zero-order valence-corrected chi connectivity index (χ0v) is 11.0. The number of unbranched alkanes of at least 4 members (excludes halogenated alkanes) is 3. The number of likely N-dealkylation sites (tertiary alicyclic amines) is 1. The van der Waals surface area contributed by atoms with Gasteiger partial charge >= 0.3 is 0 Å². The predicted molar refractivity (Wildman–Crippen MR) is 68.2 cm³/mol. The minimum absolute atomic E-state index is 0.200. The molecule has 0 bridgehead atoms. The Morgan fingerprint density at radius 1 is 1.12 bits per heavy atom. The summed E-state index contributed by atoms with van der Waals surface area (Å²) in [5.41, 5.74) is -0.200. The van der Waals surface area contributed by atoms with Gasteiger partial charge in [-0.3, -0.25) is 4.90 Å². The maximum absolute atomic E-state index is 9.40. The monoisotopic (exact) mass is 222 g/mol. The Labute approximate surface area is 101 Å². The standard InChI is InChI=1S/C14H26N2/c1-3-4-5-7-10-14(2,13-15)16-11-8-6-9-12-16/h3-12H2,1-2H3. The summed E-state index contributed by atoms with van der Waals surface area (Å²) < 4.78 is 0. The van der Waals surface area contributed by atoms with Crippen molar-refractivity contribution < 1.29 is 0 Å². The SMILES string of the molecule is CCCCCCC(C)(C#N)N1CCCCC1. The second-order valence-corrected chi connectivity index (χ2v) is 5.24. The van der Waals surface area contributed by atoms with Crippen molar-refractivity contribution in [3.63, 3.8) is 0 Å². The number of hydrogen-bond donors (Lipinski definition) is 0. The Morgan fingerprint density at radius 2 is 1.81 bits per heavy atom. The van der Waals surface area contributed by atoms with Crippen molar-refractivity contribution in [2.45, 2.75) is 70.8 Å². The van der Waals surface area contributed by atoms with Crippen molar-refractivity contribution in [3.05, 3.63) is 0 Å². The Morgan fingerprint density at radius 3 is 2.38 bits per heavy atom. The van der Waals surface area contributed by atoms with Gasteiger partial charge < -0.3 is 0 Å². The number of hydrogen-bond acceptors (Lipinski definition) is 2. The second-order valence-electron chi connectivity index (χ2n) is 5.24. The van der Waals surface area contributed by atoms with Crippen LogP contribution in [0.2, 0.25) is 0 Å². The molecule has 0 aliphatic carbocycles. The van der Waals surface area contributed by atoms with Gasteiger partial charge in [0.15, 0.2) is 0 Å². The molecule has 0 amide bonds. The highest BCUT2D eigenvalue weighted by molar-refractivity contribution is 5.05. The van der Waals surface area contributed by atoms with E-state index in [9.17, 15) is 5.26 Å². The highest BCUT2D eigenvalue weighted by Gasteiger charge is 2.31. The molecule has 2 heteroatoms. The lowest BCUT2D eigenvalue weighted by atomic mass is 9.91. The molecule has 1 rings (SSSR count). The zero-order valence-electron chi connectivity index (χ0n) is 11.0. The molecule has 1 heterocycles. The fourth-order valence-corrected chi connectivity index (χ4v) is 2.57. The Bertz CT molecular complexity index is 225. The summed E-state index contributed by atoms with van der Waals surface area (Å²) in [6.45, 7) is 6.61. The number of rotatable bonds is 6. The van der Waals surface area contributed by atoms with Gasteiger partial charge in [0.1, 0.15) is 5.54 Å². The summed E-state index contributed by atoms with van der Waals surface area (Å²) in [7, 11) is 0. The minimum Gasteiger partial charge on any atom is -0.286 e. The highest BCUT2D eigenvalue weighted by Crippen LogP contribution is 2.25. The van der Waals surface area contributed by atoms with E-state index in [1.54, 1.807) is 0 Å². The average molecular weight is 222 g/mol. The van der Waals surface area contributed by atoms with Crippen LogP contribution in [0, 0.1) is 11.3 Å².